The van der Waals surface area contributed by atoms with Crippen molar-refractivity contribution in [1.82, 2.24) is 0 Å². The minimum absolute atomic E-state index is 3.08. The first-order valence-electron chi connectivity index (χ1n) is 12.1. The van der Waals surface area contributed by atoms with Gasteiger partial charge < -0.3 is 10.2 Å². The summed E-state index contributed by atoms with van der Waals surface area (Å²) in [5.74, 6) is -65.4. The third-order valence-electron chi connectivity index (χ3n) is 7.12. The molecule has 0 aliphatic heterocycles. The quantitative estimate of drug-likeness (QED) is 0.123. The molecule has 0 fully saturated rings. The van der Waals surface area contributed by atoms with Crippen molar-refractivity contribution in [2.24, 2.45) is 0 Å². The van der Waals surface area contributed by atoms with Gasteiger partial charge in [-0.2, -0.15) is 39.5 Å². The van der Waals surface area contributed by atoms with Crippen LogP contribution in [0.15, 0.2) is 0 Å². The summed E-state index contributed by atoms with van der Waals surface area (Å²) < 4.78 is 324. The molecule has 4 rings (SSSR count). The number of benzene rings is 4. The second-order valence-corrected chi connectivity index (χ2v) is 9.72. The fraction of sp³-hybridized carbons (Fsp3) is 0.111. The average molecular weight is 776 g/mol. The lowest BCUT2D eigenvalue weighted by atomic mass is 9.68. The van der Waals surface area contributed by atoms with Crippen molar-refractivity contribution in [1.29, 1.82) is 0 Å². The Kier molecular flexibility index (Phi) is 9.13. The normalized spacial score (nSPS) is 12.7. The zero-order valence-electron chi connectivity index (χ0n) is 22.7. The highest BCUT2D eigenvalue weighted by Gasteiger charge is 2.77. The summed E-state index contributed by atoms with van der Waals surface area (Å²) in [4.78, 5) is 0. The molecule has 0 heterocycles. The van der Waals surface area contributed by atoms with Gasteiger partial charge in [-0.05, 0) is 0 Å². The van der Waals surface area contributed by atoms with Crippen molar-refractivity contribution in [3.63, 3.8) is 0 Å². The standard InChI is InChI=1S/C27H2F22O2/c28-7-3(8(29)15(36)18(39)14(7)35)1-2(4-9(30)16(37)19(40)17(38)10(4)31)23(50)20(41)11(32)5(1)25(26(44,45)46,27(47,48)49)6-12(33)21(42)24(51)22(43)13(6)34/h50-51H. The van der Waals surface area contributed by atoms with Crippen molar-refractivity contribution in [2.75, 3.05) is 0 Å². The van der Waals surface area contributed by atoms with E-state index in [0.717, 1.165) is 0 Å². The molecule has 0 aliphatic rings. The van der Waals surface area contributed by atoms with E-state index in [9.17, 15) is 75.4 Å². The van der Waals surface area contributed by atoms with Crippen molar-refractivity contribution in [3.8, 4) is 33.8 Å². The van der Waals surface area contributed by atoms with Crippen molar-refractivity contribution < 1.29 is 107 Å². The molecule has 0 amide bonds. The fourth-order valence-electron chi connectivity index (χ4n) is 4.97. The molecule has 4 aromatic rings. The predicted octanol–water partition coefficient (Wildman–Crippen LogP) is 10.1. The molecule has 0 aromatic heterocycles. The summed E-state index contributed by atoms with van der Waals surface area (Å²) >= 11 is 0. The van der Waals surface area contributed by atoms with Gasteiger partial charge in [-0.1, -0.05) is 0 Å². The molecule has 0 atom stereocenters. The van der Waals surface area contributed by atoms with E-state index in [0.29, 0.717) is 0 Å². The first-order chi connectivity index (χ1) is 23.1. The van der Waals surface area contributed by atoms with E-state index in [-0.39, 0.29) is 0 Å². The van der Waals surface area contributed by atoms with Crippen LogP contribution >= 0.6 is 0 Å². The highest BCUT2D eigenvalue weighted by atomic mass is 19.4. The summed E-state index contributed by atoms with van der Waals surface area (Å²) in [7, 11) is 0. The number of phenols is 2. The van der Waals surface area contributed by atoms with Crippen LogP contribution in [-0.2, 0) is 5.41 Å². The molecule has 0 unspecified atom stereocenters. The minimum Gasteiger partial charge on any atom is -0.504 e. The largest absolute Gasteiger partial charge is 0.504 e. The first-order valence-corrected chi connectivity index (χ1v) is 12.1. The second kappa shape index (κ2) is 12.0. The number of aromatic hydroxyl groups is 2. The topological polar surface area (TPSA) is 40.5 Å². The molecule has 4 aromatic carbocycles. The van der Waals surface area contributed by atoms with Gasteiger partial charge in [0.25, 0.3) is 0 Å². The molecule has 2 N–H and O–H groups in total. The summed E-state index contributed by atoms with van der Waals surface area (Å²) in [6.07, 6.45) is -16.1. The van der Waals surface area contributed by atoms with Crippen LogP contribution in [0.5, 0.6) is 11.5 Å². The molecule has 24 heteroatoms. The molecule has 276 valence electrons. The molecule has 0 aliphatic carbocycles. The van der Waals surface area contributed by atoms with Gasteiger partial charge in [-0.25, -0.2) is 57.1 Å². The average Bonchev–Trinajstić information content (AvgIpc) is 3.04. The molecule has 0 bridgehead atoms. The van der Waals surface area contributed by atoms with E-state index < -0.39 is 156 Å². The van der Waals surface area contributed by atoms with Crippen molar-refractivity contribution in [2.45, 2.75) is 17.8 Å². The monoisotopic (exact) mass is 776 g/mol. The van der Waals surface area contributed by atoms with Gasteiger partial charge in [0.05, 0.1) is 16.7 Å². The Morgan fingerprint density at radius 2 is 0.510 bits per heavy atom. The van der Waals surface area contributed by atoms with E-state index in [1.165, 1.54) is 0 Å². The highest BCUT2D eigenvalue weighted by molar-refractivity contribution is 5.92. The van der Waals surface area contributed by atoms with E-state index in [1.807, 2.05) is 0 Å². The Morgan fingerprint density at radius 1 is 0.255 bits per heavy atom. The van der Waals surface area contributed by atoms with Crippen LogP contribution in [0.3, 0.4) is 0 Å². The molecular weight excluding hydrogens is 774 g/mol. The number of phenolic OH excluding ortho intramolecular Hbond substituents is 2. The van der Waals surface area contributed by atoms with Gasteiger partial charge in [0, 0.05) is 16.7 Å². The highest BCUT2D eigenvalue weighted by Crippen LogP contribution is 2.63. The summed E-state index contributed by atoms with van der Waals surface area (Å²) in [5.41, 5.74) is -30.6. The van der Waals surface area contributed by atoms with Crippen molar-refractivity contribution >= 4 is 0 Å². The first kappa shape index (κ1) is 38.7. The van der Waals surface area contributed by atoms with E-state index in [1.54, 1.807) is 0 Å². The Morgan fingerprint density at radius 3 is 0.824 bits per heavy atom. The lowest BCUT2D eigenvalue weighted by Crippen LogP contribution is -2.57. The van der Waals surface area contributed by atoms with Gasteiger partial charge in [-0.15, -0.1) is 0 Å². The predicted molar refractivity (Wildman–Crippen MR) is 119 cm³/mol. The van der Waals surface area contributed by atoms with Crippen LogP contribution < -0.4 is 0 Å². The summed E-state index contributed by atoms with van der Waals surface area (Å²) in [5, 5.41) is 19.3. The van der Waals surface area contributed by atoms with Gasteiger partial charge >= 0.3 is 12.4 Å². The van der Waals surface area contributed by atoms with Crippen LogP contribution in [0.25, 0.3) is 22.3 Å². The molecule has 0 radical (unpaired) electrons. The Balaban J connectivity index is 2.68. The minimum atomic E-state index is -8.06. The maximum atomic E-state index is 15.7. The zero-order valence-corrected chi connectivity index (χ0v) is 22.7. The van der Waals surface area contributed by atoms with Crippen LogP contribution in [0.1, 0.15) is 11.1 Å². The molecule has 0 saturated heterocycles. The van der Waals surface area contributed by atoms with E-state index in [4.69, 9.17) is 5.11 Å². The third kappa shape index (κ3) is 4.98. The lowest BCUT2D eigenvalue weighted by molar-refractivity contribution is -0.290. The van der Waals surface area contributed by atoms with Crippen LogP contribution in [-0.4, -0.2) is 22.6 Å². The van der Waals surface area contributed by atoms with Crippen molar-refractivity contribution in [3.05, 3.63) is 104 Å². The van der Waals surface area contributed by atoms with Gasteiger partial charge in [-0.3, -0.25) is 0 Å². The summed E-state index contributed by atoms with van der Waals surface area (Å²) in [6, 6.07) is 0. The maximum absolute atomic E-state index is 15.7. The zero-order chi connectivity index (χ0) is 39.4. The summed E-state index contributed by atoms with van der Waals surface area (Å²) in [6.45, 7) is 0. The number of alkyl halides is 6. The maximum Gasteiger partial charge on any atom is 0.411 e. The van der Waals surface area contributed by atoms with Gasteiger partial charge in [0.2, 0.25) is 34.5 Å². The third-order valence-corrected chi connectivity index (χ3v) is 7.12. The number of halogens is 22. The molecular formula is C27H2F22O2. The SMILES string of the molecule is Oc1c(F)c(F)c(C(c2c(F)c(F)c(O)c(-c3c(F)c(F)c(F)c(F)c3F)c2-c2c(F)c(F)c(F)c(F)c2F)(C(F)(F)F)C(F)(F)F)c(F)c1F. The van der Waals surface area contributed by atoms with Crippen LogP contribution in [0.2, 0.25) is 0 Å². The second-order valence-electron chi connectivity index (χ2n) is 9.72. The Hall–Kier alpha value is -5.06. The molecule has 2 nitrogen and oxygen atoms in total. The molecule has 0 saturated carbocycles. The lowest BCUT2D eigenvalue weighted by Gasteiger charge is -2.40. The van der Waals surface area contributed by atoms with Gasteiger partial charge in [0.15, 0.2) is 75.5 Å². The fourth-order valence-corrected chi connectivity index (χ4v) is 4.97. The molecule has 51 heavy (non-hydrogen) atoms. The number of rotatable bonds is 4. The Labute approximate surface area is 263 Å². The Bertz CT molecular complexity index is 2070. The van der Waals surface area contributed by atoms with E-state index >= 15 is 26.3 Å². The molecule has 0 spiro atoms. The van der Waals surface area contributed by atoms with E-state index in [2.05, 4.69) is 0 Å². The number of hydrogen-bond donors (Lipinski definition) is 2. The van der Waals surface area contributed by atoms with Gasteiger partial charge in [0.1, 0.15) is 0 Å². The van der Waals surface area contributed by atoms with Crippen LogP contribution in [0.4, 0.5) is 96.6 Å². The number of hydrogen-bond acceptors (Lipinski definition) is 2. The smallest absolute Gasteiger partial charge is 0.411 e. The van der Waals surface area contributed by atoms with Crippen LogP contribution in [0, 0.1) is 93.1 Å².